The van der Waals surface area contributed by atoms with Crippen LogP contribution in [0, 0.1) is 0 Å². The quantitative estimate of drug-likeness (QED) is 0.145. The van der Waals surface area contributed by atoms with Gasteiger partial charge in [-0.05, 0) is 0 Å². The van der Waals surface area contributed by atoms with Crippen molar-refractivity contribution in [3.63, 3.8) is 0 Å². The lowest BCUT2D eigenvalue weighted by molar-refractivity contribution is -0.270. The van der Waals surface area contributed by atoms with Crippen LogP contribution in [0.1, 0.15) is 6.23 Å². The standard InChI is InChI=1S/C17H29N3O14P2/c1-35(28,34-36(2,29)33-16-14(26)12(24)10(22)7(5-18)32-16)30-6-8-11(23)13(25)15(31-8)20-4-3-9(21)19-17(20)27/h3-4,7-8,10-16,22-26H,5-6,18H2,1-2H3,(H,19,21,27)/t7?,8?,10-,11+,12-,13+,14?,15?,16-,35?,36?/m0/s1. The van der Waals surface area contributed by atoms with E-state index in [1.807, 2.05) is 4.98 Å². The molecule has 8 N–H and O–H groups in total. The molecule has 2 aliphatic heterocycles. The van der Waals surface area contributed by atoms with Gasteiger partial charge in [-0.15, -0.1) is 0 Å². The van der Waals surface area contributed by atoms with Crippen molar-refractivity contribution in [2.24, 2.45) is 5.73 Å². The molecule has 2 saturated heterocycles. The summed E-state index contributed by atoms with van der Waals surface area (Å²) in [6, 6.07) is 1.00. The average molecular weight is 561 g/mol. The number of H-pyrrole nitrogens is 1. The van der Waals surface area contributed by atoms with E-state index >= 15 is 0 Å². The molecule has 17 nitrogen and oxygen atoms in total. The number of hydrogen-bond acceptors (Lipinski definition) is 15. The van der Waals surface area contributed by atoms with E-state index in [-0.39, 0.29) is 6.54 Å². The van der Waals surface area contributed by atoms with Crippen LogP contribution < -0.4 is 17.0 Å². The van der Waals surface area contributed by atoms with Crippen molar-refractivity contribution in [2.75, 3.05) is 26.5 Å². The molecule has 0 radical (unpaired) electrons. The van der Waals surface area contributed by atoms with Gasteiger partial charge >= 0.3 is 20.9 Å². The molecule has 3 heterocycles. The molecule has 19 heteroatoms. The lowest BCUT2D eigenvalue weighted by Crippen LogP contribution is -2.59. The van der Waals surface area contributed by atoms with Crippen LogP contribution in [0.4, 0.5) is 0 Å². The fourth-order valence-electron chi connectivity index (χ4n) is 3.63. The summed E-state index contributed by atoms with van der Waals surface area (Å²) in [6.07, 6.45) is -12.9. The van der Waals surface area contributed by atoms with Crippen LogP contribution in [0.3, 0.4) is 0 Å². The van der Waals surface area contributed by atoms with Gasteiger partial charge in [-0.2, -0.15) is 0 Å². The van der Waals surface area contributed by atoms with E-state index in [1.54, 1.807) is 0 Å². The Kier molecular flexibility index (Phi) is 9.11. The van der Waals surface area contributed by atoms with Gasteiger partial charge in [-0.1, -0.05) is 0 Å². The highest BCUT2D eigenvalue weighted by Crippen LogP contribution is 2.62. The average Bonchev–Trinajstić information content (AvgIpc) is 3.06. The Bertz CT molecular complexity index is 1130. The molecule has 0 aromatic carbocycles. The van der Waals surface area contributed by atoms with Gasteiger partial charge in [0.25, 0.3) is 5.56 Å². The number of nitrogens with two attached hydrogens (primary N) is 1. The van der Waals surface area contributed by atoms with Gasteiger partial charge in [0.1, 0.15) is 42.7 Å². The number of ether oxygens (including phenoxy) is 2. The SMILES string of the molecule is CP(=O)(OCC1OC(n2ccc(=O)[nH]c2=O)[C@H](O)[C@@H]1O)OP(C)(=O)O[C@@H]1OC(CN)[C@H](O)[C@H](O)C1O. The zero-order chi connectivity index (χ0) is 27.0. The second-order valence-electron chi connectivity index (χ2n) is 8.34. The maximum atomic E-state index is 12.8. The Labute approximate surface area is 203 Å². The summed E-state index contributed by atoms with van der Waals surface area (Å²) in [6.45, 7) is 0.897. The van der Waals surface area contributed by atoms with Gasteiger partial charge in [0.05, 0.1) is 6.61 Å². The highest BCUT2D eigenvalue weighted by atomic mass is 31.3. The molecule has 0 aliphatic carbocycles. The third-order valence-electron chi connectivity index (χ3n) is 5.43. The number of aromatic amines is 1. The van der Waals surface area contributed by atoms with Crippen molar-refractivity contribution < 1.29 is 57.5 Å². The molecule has 36 heavy (non-hydrogen) atoms. The van der Waals surface area contributed by atoms with Crippen LogP contribution in [0.15, 0.2) is 21.9 Å². The summed E-state index contributed by atoms with van der Waals surface area (Å²) in [7, 11) is -8.51. The van der Waals surface area contributed by atoms with Crippen LogP contribution >= 0.6 is 15.2 Å². The maximum Gasteiger partial charge on any atom is 0.337 e. The monoisotopic (exact) mass is 561 g/mol. The molecule has 6 unspecified atom stereocenters. The number of rotatable bonds is 9. The summed E-state index contributed by atoms with van der Waals surface area (Å²) >= 11 is 0. The number of aliphatic hydroxyl groups is 5. The topological polar surface area (TPSA) is 262 Å². The first-order chi connectivity index (χ1) is 16.7. The molecule has 0 bridgehead atoms. The Morgan fingerprint density at radius 3 is 2.22 bits per heavy atom. The number of hydrogen-bond donors (Lipinski definition) is 7. The summed E-state index contributed by atoms with van der Waals surface area (Å²) < 4.78 is 52.2. The van der Waals surface area contributed by atoms with Crippen LogP contribution in [0.2, 0.25) is 0 Å². The van der Waals surface area contributed by atoms with Crippen molar-refractivity contribution >= 4 is 15.2 Å². The van der Waals surface area contributed by atoms with Crippen LogP contribution in [0.5, 0.6) is 0 Å². The molecule has 0 spiro atoms. The minimum atomic E-state index is -4.30. The summed E-state index contributed by atoms with van der Waals surface area (Å²) in [5, 5.41) is 50.3. The first-order valence-corrected chi connectivity index (χ1v) is 14.6. The van der Waals surface area contributed by atoms with Crippen LogP contribution in [0.25, 0.3) is 0 Å². The third-order valence-corrected chi connectivity index (χ3v) is 9.01. The van der Waals surface area contributed by atoms with Gasteiger partial charge in [-0.3, -0.25) is 28.0 Å². The lowest BCUT2D eigenvalue weighted by Gasteiger charge is -2.40. The van der Waals surface area contributed by atoms with Gasteiger partial charge in [0.2, 0.25) is 0 Å². The van der Waals surface area contributed by atoms with Crippen molar-refractivity contribution in [2.45, 2.75) is 55.2 Å². The van der Waals surface area contributed by atoms with E-state index < -0.39 is 88.3 Å². The van der Waals surface area contributed by atoms with Gasteiger partial charge in [0, 0.05) is 32.1 Å². The minimum Gasteiger partial charge on any atom is -0.388 e. The predicted octanol–water partition coefficient (Wildman–Crippen LogP) is -3.38. The number of aliphatic hydroxyl groups excluding tert-OH is 5. The zero-order valence-electron chi connectivity index (χ0n) is 19.1. The highest BCUT2D eigenvalue weighted by Gasteiger charge is 2.48. The van der Waals surface area contributed by atoms with Gasteiger partial charge < -0.3 is 45.3 Å². The molecular weight excluding hydrogens is 532 g/mol. The molecule has 0 amide bonds. The smallest absolute Gasteiger partial charge is 0.337 e. The van der Waals surface area contributed by atoms with Gasteiger partial charge in [-0.25, -0.2) is 9.11 Å². The molecule has 3 rings (SSSR count). The van der Waals surface area contributed by atoms with Crippen LogP contribution in [-0.4, -0.2) is 111 Å². The van der Waals surface area contributed by atoms with Crippen molar-refractivity contribution in [3.8, 4) is 0 Å². The van der Waals surface area contributed by atoms with Crippen molar-refractivity contribution in [1.29, 1.82) is 0 Å². The summed E-state index contributed by atoms with van der Waals surface area (Å²) in [5.74, 6) is 0. The molecule has 1 aromatic rings. The number of nitrogens with zero attached hydrogens (tertiary/aromatic N) is 1. The Hall–Kier alpha value is -1.30. The molecule has 2 fully saturated rings. The number of aromatic nitrogens is 2. The fraction of sp³-hybridized carbons (Fsp3) is 0.765. The molecule has 206 valence electrons. The Morgan fingerprint density at radius 2 is 1.61 bits per heavy atom. The minimum absolute atomic E-state index is 0.267. The molecular formula is C17H29N3O14P2. The predicted molar refractivity (Wildman–Crippen MR) is 118 cm³/mol. The molecule has 11 atom stereocenters. The normalized spacial score (nSPS) is 38.4. The van der Waals surface area contributed by atoms with E-state index in [4.69, 9.17) is 28.6 Å². The molecule has 1 aromatic heterocycles. The highest BCUT2D eigenvalue weighted by molar-refractivity contribution is 7.66. The van der Waals surface area contributed by atoms with E-state index in [0.717, 1.165) is 30.2 Å². The molecule has 2 aliphatic rings. The first-order valence-electron chi connectivity index (χ1n) is 10.6. The maximum absolute atomic E-state index is 12.8. The summed E-state index contributed by atoms with van der Waals surface area (Å²) in [5.41, 5.74) is 3.84. The largest absolute Gasteiger partial charge is 0.388 e. The molecule has 0 saturated carbocycles. The van der Waals surface area contributed by atoms with E-state index in [2.05, 4.69) is 0 Å². The van der Waals surface area contributed by atoms with E-state index in [1.165, 1.54) is 0 Å². The number of nitrogens with one attached hydrogen (secondary N) is 1. The first kappa shape index (κ1) is 29.3. The zero-order valence-corrected chi connectivity index (χ0v) is 20.9. The third kappa shape index (κ3) is 6.57. The van der Waals surface area contributed by atoms with Crippen LogP contribution in [-0.2, 0) is 32.0 Å². The second-order valence-corrected chi connectivity index (χ2v) is 12.5. The fourth-order valence-corrected chi connectivity index (χ4v) is 7.10. The lowest BCUT2D eigenvalue weighted by atomic mass is 9.99. The van der Waals surface area contributed by atoms with E-state index in [0.29, 0.717) is 0 Å². The Morgan fingerprint density at radius 1 is 0.972 bits per heavy atom. The van der Waals surface area contributed by atoms with Gasteiger partial charge in [0.15, 0.2) is 12.5 Å². The van der Waals surface area contributed by atoms with Crippen molar-refractivity contribution in [3.05, 3.63) is 33.1 Å². The second kappa shape index (κ2) is 11.2. The Balaban J connectivity index is 1.61. The van der Waals surface area contributed by atoms with Crippen molar-refractivity contribution in [1.82, 2.24) is 9.55 Å². The summed E-state index contributed by atoms with van der Waals surface area (Å²) in [4.78, 5) is 25.2. The van der Waals surface area contributed by atoms with E-state index in [9.17, 15) is 44.3 Å².